The summed E-state index contributed by atoms with van der Waals surface area (Å²) < 4.78 is 5.10. The highest BCUT2D eigenvalue weighted by Gasteiger charge is 2.25. The summed E-state index contributed by atoms with van der Waals surface area (Å²) in [4.78, 5) is 16.0. The maximum atomic E-state index is 11.9. The molecule has 106 valence electrons. The zero-order chi connectivity index (χ0) is 13.8. The van der Waals surface area contributed by atoms with Gasteiger partial charge in [0.2, 0.25) is 5.89 Å². The highest BCUT2D eigenvalue weighted by molar-refractivity contribution is 5.90. The molecule has 1 aromatic rings. The van der Waals surface area contributed by atoms with Crippen molar-refractivity contribution in [1.29, 1.82) is 0 Å². The molecule has 2 rings (SSSR count). The molecule has 3 atom stereocenters. The monoisotopic (exact) mass is 268 g/mol. The minimum absolute atomic E-state index is 0.0188. The van der Waals surface area contributed by atoms with Crippen LogP contribution in [0.4, 0.5) is 0 Å². The van der Waals surface area contributed by atoms with Gasteiger partial charge in [0, 0.05) is 12.6 Å². The fourth-order valence-corrected chi connectivity index (χ4v) is 1.94. The molecule has 1 aliphatic heterocycles. The molecule has 1 aliphatic rings. The largest absolute Gasteiger partial charge is 0.396 e. The van der Waals surface area contributed by atoms with Gasteiger partial charge >= 0.3 is 0 Å². The van der Waals surface area contributed by atoms with Crippen molar-refractivity contribution < 1.29 is 14.4 Å². The molecule has 0 radical (unpaired) electrons. The third kappa shape index (κ3) is 3.30. The Morgan fingerprint density at radius 1 is 1.63 bits per heavy atom. The molecule has 3 unspecified atom stereocenters. The Labute approximate surface area is 111 Å². The van der Waals surface area contributed by atoms with Crippen LogP contribution in [-0.4, -0.2) is 40.3 Å². The molecular formula is C12H20N4O3. The summed E-state index contributed by atoms with van der Waals surface area (Å²) in [6.45, 7) is 4.64. The average molecular weight is 268 g/mol. The van der Waals surface area contributed by atoms with E-state index in [0.717, 1.165) is 19.4 Å². The number of rotatable bonds is 5. The molecule has 7 heteroatoms. The second kappa shape index (κ2) is 6.12. The first kappa shape index (κ1) is 14.0. The second-order valence-electron chi connectivity index (χ2n) is 5.03. The molecular weight excluding hydrogens is 248 g/mol. The van der Waals surface area contributed by atoms with E-state index < -0.39 is 0 Å². The number of aromatic nitrogens is 2. The first-order chi connectivity index (χ1) is 9.11. The number of carbonyl (C=O) groups is 1. The molecule has 1 fully saturated rings. The third-order valence-corrected chi connectivity index (χ3v) is 3.50. The molecule has 0 bridgehead atoms. The number of carbonyl (C=O) groups excluding carboxylic acids is 1. The van der Waals surface area contributed by atoms with Crippen LogP contribution in [0.2, 0.25) is 0 Å². The van der Waals surface area contributed by atoms with Crippen molar-refractivity contribution in [3.8, 4) is 0 Å². The zero-order valence-corrected chi connectivity index (χ0v) is 11.2. The van der Waals surface area contributed by atoms with E-state index in [4.69, 9.17) is 9.63 Å². The lowest BCUT2D eigenvalue weighted by molar-refractivity contribution is 0.0902. The van der Waals surface area contributed by atoms with Gasteiger partial charge in [-0.05, 0) is 32.2 Å². The van der Waals surface area contributed by atoms with Crippen LogP contribution >= 0.6 is 0 Å². The van der Waals surface area contributed by atoms with Crippen molar-refractivity contribution in [1.82, 2.24) is 20.8 Å². The molecule has 0 saturated carbocycles. The first-order valence-corrected chi connectivity index (χ1v) is 6.60. The number of nitrogens with one attached hydrogen (secondary N) is 2. The topological polar surface area (TPSA) is 100 Å². The summed E-state index contributed by atoms with van der Waals surface area (Å²) in [5, 5.41) is 18.7. The lowest BCUT2D eigenvalue weighted by Gasteiger charge is -2.17. The molecule has 19 heavy (non-hydrogen) atoms. The van der Waals surface area contributed by atoms with E-state index in [0.29, 0.717) is 5.89 Å². The number of nitrogens with zero attached hydrogens (tertiary/aromatic N) is 2. The van der Waals surface area contributed by atoms with Crippen molar-refractivity contribution in [3.05, 3.63) is 11.7 Å². The number of amides is 1. The van der Waals surface area contributed by atoms with E-state index in [2.05, 4.69) is 20.8 Å². The van der Waals surface area contributed by atoms with E-state index in [9.17, 15) is 4.79 Å². The van der Waals surface area contributed by atoms with Crippen molar-refractivity contribution in [2.75, 3.05) is 13.2 Å². The number of aliphatic hydroxyl groups excluding tert-OH is 1. The standard InChI is InChI=1S/C12H20N4O3/c1-7(6-17)8(2)14-11(18)10-15-12(19-16-10)9-4-3-5-13-9/h7-9,13,17H,3-6H2,1-2H3,(H,14,18). The summed E-state index contributed by atoms with van der Waals surface area (Å²) in [7, 11) is 0. The predicted octanol–water partition coefficient (Wildman–Crippen LogP) is 0.241. The Hall–Kier alpha value is -1.47. The van der Waals surface area contributed by atoms with Crippen LogP contribution in [-0.2, 0) is 0 Å². The average Bonchev–Trinajstić information content (AvgIpc) is 3.07. The van der Waals surface area contributed by atoms with Crippen molar-refractivity contribution >= 4 is 5.91 Å². The van der Waals surface area contributed by atoms with Crippen molar-refractivity contribution in [3.63, 3.8) is 0 Å². The summed E-state index contributed by atoms with van der Waals surface area (Å²) >= 11 is 0. The lowest BCUT2D eigenvalue weighted by Crippen LogP contribution is -2.38. The number of aliphatic hydroxyl groups is 1. The molecule has 1 aromatic heterocycles. The van der Waals surface area contributed by atoms with Gasteiger partial charge in [0.25, 0.3) is 11.7 Å². The normalized spacial score (nSPS) is 22.2. The Balaban J connectivity index is 1.96. The van der Waals surface area contributed by atoms with E-state index in [1.165, 1.54) is 0 Å². The first-order valence-electron chi connectivity index (χ1n) is 6.60. The van der Waals surface area contributed by atoms with Gasteiger partial charge < -0.3 is 20.3 Å². The molecule has 1 amide bonds. The molecule has 0 aromatic carbocycles. The van der Waals surface area contributed by atoms with Crippen LogP contribution in [0.25, 0.3) is 0 Å². The van der Waals surface area contributed by atoms with Crippen LogP contribution in [0.3, 0.4) is 0 Å². The Bertz CT molecular complexity index is 428. The molecule has 1 saturated heterocycles. The summed E-state index contributed by atoms with van der Waals surface area (Å²) in [5.41, 5.74) is 0. The number of hydrogen-bond donors (Lipinski definition) is 3. The van der Waals surface area contributed by atoms with Gasteiger partial charge in [-0.1, -0.05) is 12.1 Å². The van der Waals surface area contributed by atoms with E-state index >= 15 is 0 Å². The van der Waals surface area contributed by atoms with Gasteiger partial charge in [-0.15, -0.1) is 0 Å². The molecule has 0 spiro atoms. The van der Waals surface area contributed by atoms with Crippen molar-refractivity contribution in [2.45, 2.75) is 38.8 Å². The fourth-order valence-electron chi connectivity index (χ4n) is 1.94. The van der Waals surface area contributed by atoms with Gasteiger partial charge in [-0.2, -0.15) is 4.98 Å². The van der Waals surface area contributed by atoms with Crippen LogP contribution in [0.1, 0.15) is 49.2 Å². The quantitative estimate of drug-likeness (QED) is 0.707. The zero-order valence-electron chi connectivity index (χ0n) is 11.2. The van der Waals surface area contributed by atoms with Gasteiger partial charge in [0.1, 0.15) is 0 Å². The SMILES string of the molecule is CC(CO)C(C)NC(=O)c1noc(C2CCCN2)n1. The minimum atomic E-state index is -0.374. The third-order valence-electron chi connectivity index (χ3n) is 3.50. The van der Waals surface area contributed by atoms with E-state index in [1.54, 1.807) is 0 Å². The fraction of sp³-hybridized carbons (Fsp3) is 0.750. The van der Waals surface area contributed by atoms with Gasteiger partial charge in [0.15, 0.2) is 0 Å². The maximum Gasteiger partial charge on any atom is 0.292 e. The van der Waals surface area contributed by atoms with Gasteiger partial charge in [-0.25, -0.2) is 0 Å². The molecule has 0 aliphatic carbocycles. The van der Waals surface area contributed by atoms with Crippen LogP contribution in [0.5, 0.6) is 0 Å². The highest BCUT2D eigenvalue weighted by Crippen LogP contribution is 2.21. The Morgan fingerprint density at radius 3 is 3.05 bits per heavy atom. The maximum absolute atomic E-state index is 11.9. The van der Waals surface area contributed by atoms with Gasteiger partial charge in [-0.3, -0.25) is 4.79 Å². The van der Waals surface area contributed by atoms with Crippen molar-refractivity contribution in [2.24, 2.45) is 5.92 Å². The van der Waals surface area contributed by atoms with Crippen LogP contribution in [0, 0.1) is 5.92 Å². The highest BCUT2D eigenvalue weighted by atomic mass is 16.5. The van der Waals surface area contributed by atoms with Crippen LogP contribution < -0.4 is 10.6 Å². The van der Waals surface area contributed by atoms with Gasteiger partial charge in [0.05, 0.1) is 6.04 Å². The second-order valence-corrected chi connectivity index (χ2v) is 5.03. The van der Waals surface area contributed by atoms with Crippen LogP contribution in [0.15, 0.2) is 4.52 Å². The minimum Gasteiger partial charge on any atom is -0.396 e. The number of hydrogen-bond acceptors (Lipinski definition) is 6. The van der Waals surface area contributed by atoms with E-state index in [1.807, 2.05) is 13.8 Å². The molecule has 3 N–H and O–H groups in total. The Kier molecular flexibility index (Phi) is 4.49. The summed E-state index contributed by atoms with van der Waals surface area (Å²) in [6.07, 6.45) is 2.01. The summed E-state index contributed by atoms with van der Waals surface area (Å²) in [6, 6.07) is -0.0908. The molecule has 7 nitrogen and oxygen atoms in total. The smallest absolute Gasteiger partial charge is 0.292 e. The van der Waals surface area contributed by atoms with E-state index in [-0.39, 0.29) is 36.3 Å². The lowest BCUT2D eigenvalue weighted by atomic mass is 10.1. The molecule has 2 heterocycles. The Morgan fingerprint density at radius 2 is 2.42 bits per heavy atom. The summed E-state index contributed by atoms with van der Waals surface area (Å²) in [5.74, 6) is 0.110. The predicted molar refractivity (Wildman–Crippen MR) is 67.5 cm³/mol.